The van der Waals surface area contributed by atoms with Crippen LogP contribution < -0.4 is 10.6 Å². The van der Waals surface area contributed by atoms with E-state index in [1.165, 1.54) is 49.1 Å². The van der Waals surface area contributed by atoms with Gasteiger partial charge < -0.3 is 20.1 Å². The predicted molar refractivity (Wildman–Crippen MR) is 148 cm³/mol. The zero-order valence-electron chi connectivity index (χ0n) is 20.9. The second-order valence-corrected chi connectivity index (χ2v) is 10.3. The molecule has 0 unspecified atom stereocenters. The third-order valence-electron chi connectivity index (χ3n) is 7.66. The molecule has 1 saturated carbocycles. The number of para-hydroxylation sites is 1. The van der Waals surface area contributed by atoms with Crippen molar-refractivity contribution in [2.24, 2.45) is 0 Å². The van der Waals surface area contributed by atoms with Crippen molar-refractivity contribution in [3.63, 3.8) is 0 Å². The molecule has 2 atom stereocenters. The first-order valence-corrected chi connectivity index (χ1v) is 13.5. The lowest BCUT2D eigenvalue weighted by Crippen LogP contribution is -2.31. The highest BCUT2D eigenvalue weighted by Crippen LogP contribution is 2.42. The monoisotopic (exact) mass is 487 g/mol. The van der Waals surface area contributed by atoms with Gasteiger partial charge in [-0.15, -0.1) is 0 Å². The van der Waals surface area contributed by atoms with Crippen LogP contribution in [0, 0.1) is 13.8 Å². The molecule has 5 rings (SSSR count). The van der Waals surface area contributed by atoms with Gasteiger partial charge in [-0.3, -0.25) is 4.98 Å². The van der Waals surface area contributed by atoms with E-state index in [0.29, 0.717) is 6.04 Å². The summed E-state index contributed by atoms with van der Waals surface area (Å²) in [6.45, 7) is 6.39. The number of aromatic nitrogens is 2. The number of thiocarbonyl (C=S) groups is 1. The van der Waals surface area contributed by atoms with Crippen molar-refractivity contribution < 1.29 is 0 Å². The Morgan fingerprint density at radius 3 is 2.54 bits per heavy atom. The van der Waals surface area contributed by atoms with Crippen LogP contribution in [0.5, 0.6) is 0 Å². The quantitative estimate of drug-likeness (QED) is 0.281. The summed E-state index contributed by atoms with van der Waals surface area (Å²) in [4.78, 5) is 7.12. The third kappa shape index (κ3) is 5.08. The molecule has 3 aromatic rings. The highest BCUT2D eigenvalue weighted by molar-refractivity contribution is 7.80. The number of rotatable bonds is 8. The molecule has 6 heteroatoms. The first kappa shape index (κ1) is 23.9. The summed E-state index contributed by atoms with van der Waals surface area (Å²) in [6.07, 6.45) is 9.51. The van der Waals surface area contributed by atoms with Crippen LogP contribution in [0.3, 0.4) is 0 Å². The maximum absolute atomic E-state index is 5.91. The molecule has 0 radical (unpaired) electrons. The Balaban J connectivity index is 1.41. The third-order valence-corrected chi connectivity index (χ3v) is 8.01. The number of hydrogen-bond acceptors (Lipinski definition) is 3. The molecule has 0 amide bonds. The number of pyridine rings is 1. The first-order chi connectivity index (χ1) is 17.1. The molecular formula is C29H37N5S. The van der Waals surface area contributed by atoms with Crippen LogP contribution in [0.15, 0.2) is 60.8 Å². The minimum atomic E-state index is 0.0473. The number of anilines is 1. The summed E-state index contributed by atoms with van der Waals surface area (Å²) in [7, 11) is 0. The van der Waals surface area contributed by atoms with E-state index in [9.17, 15) is 0 Å². The summed E-state index contributed by atoms with van der Waals surface area (Å²) in [6, 6.07) is 19.8. The Morgan fingerprint density at radius 2 is 1.80 bits per heavy atom. The Hall–Kier alpha value is -2.86. The molecule has 1 aromatic carbocycles. The molecule has 1 aliphatic carbocycles. The number of aryl methyl sites for hydroxylation is 1. The molecule has 3 heterocycles. The largest absolute Gasteiger partial charge is 0.385 e. The van der Waals surface area contributed by atoms with Gasteiger partial charge >= 0.3 is 0 Å². The predicted octanol–water partition coefficient (Wildman–Crippen LogP) is 6.48. The lowest BCUT2D eigenvalue weighted by molar-refractivity contribution is 0.311. The fourth-order valence-corrected chi connectivity index (χ4v) is 6.36. The van der Waals surface area contributed by atoms with Gasteiger partial charge in [-0.05, 0) is 81.2 Å². The van der Waals surface area contributed by atoms with Crippen LogP contribution in [0.2, 0.25) is 0 Å². The topological polar surface area (TPSA) is 45.1 Å². The van der Waals surface area contributed by atoms with E-state index < -0.39 is 0 Å². The van der Waals surface area contributed by atoms with Crippen LogP contribution in [0.25, 0.3) is 0 Å². The lowest BCUT2D eigenvalue weighted by Gasteiger charge is -2.30. The van der Waals surface area contributed by atoms with E-state index in [1.54, 1.807) is 0 Å². The zero-order chi connectivity index (χ0) is 24.2. The number of benzene rings is 1. The Morgan fingerprint density at radius 1 is 1.03 bits per heavy atom. The summed E-state index contributed by atoms with van der Waals surface area (Å²) in [5.74, 6) is 0. The van der Waals surface area contributed by atoms with Gasteiger partial charge in [0.2, 0.25) is 0 Å². The van der Waals surface area contributed by atoms with Gasteiger partial charge in [0.15, 0.2) is 5.11 Å². The molecule has 0 bridgehead atoms. The Labute approximate surface area is 215 Å². The van der Waals surface area contributed by atoms with Gasteiger partial charge in [0.05, 0.1) is 17.8 Å². The summed E-state index contributed by atoms with van der Waals surface area (Å²) in [5, 5.41) is 8.00. The fourth-order valence-electron chi connectivity index (χ4n) is 6.03. The summed E-state index contributed by atoms with van der Waals surface area (Å²) >= 11 is 5.91. The molecule has 1 aliphatic heterocycles. The second kappa shape index (κ2) is 10.8. The normalized spacial score (nSPS) is 20.7. The van der Waals surface area contributed by atoms with Crippen LogP contribution in [-0.4, -0.2) is 32.7 Å². The van der Waals surface area contributed by atoms with E-state index in [1.807, 2.05) is 18.3 Å². The average Bonchev–Trinajstić information content (AvgIpc) is 3.38. The van der Waals surface area contributed by atoms with E-state index in [0.717, 1.165) is 36.0 Å². The fraction of sp³-hybridized carbons (Fsp3) is 0.448. The smallest absolute Gasteiger partial charge is 0.170 e. The number of hydrogen-bond donors (Lipinski definition) is 2. The molecule has 35 heavy (non-hydrogen) atoms. The van der Waals surface area contributed by atoms with Gasteiger partial charge in [-0.2, -0.15) is 0 Å². The zero-order valence-corrected chi connectivity index (χ0v) is 21.7. The second-order valence-electron chi connectivity index (χ2n) is 9.95. The van der Waals surface area contributed by atoms with Gasteiger partial charge in [-0.25, -0.2) is 0 Å². The van der Waals surface area contributed by atoms with Crippen LogP contribution >= 0.6 is 12.2 Å². The standard InChI is InChI=1S/C29H37N5S/c1-21-20-25(22(2)34(21)24-14-7-4-8-15-24)28-27(26-16-9-10-17-31-26)32-29(35)33(28)19-11-18-30-23-12-5-3-6-13-23/h3,5-6,9-10,12-13,16-17,20,24,27-28,30H,4,7-8,11,14-15,18-19H2,1-2H3,(H,32,35)/t27-,28-/m0/s1. The molecule has 2 N–H and O–H groups in total. The van der Waals surface area contributed by atoms with Crippen molar-refractivity contribution in [1.82, 2.24) is 19.8 Å². The van der Waals surface area contributed by atoms with Gasteiger partial charge in [0.25, 0.3) is 0 Å². The van der Waals surface area contributed by atoms with E-state index in [2.05, 4.69) is 76.4 Å². The van der Waals surface area contributed by atoms with E-state index in [-0.39, 0.29) is 12.1 Å². The van der Waals surface area contributed by atoms with Gasteiger partial charge in [-0.1, -0.05) is 43.5 Å². The SMILES string of the molecule is Cc1cc([C@H]2[C@H](c3ccccn3)NC(=S)N2CCCNc2ccccc2)c(C)n1C1CCCCC1. The van der Waals surface area contributed by atoms with Crippen molar-refractivity contribution in [2.75, 3.05) is 18.4 Å². The molecule has 1 saturated heterocycles. The minimum Gasteiger partial charge on any atom is -0.385 e. The summed E-state index contributed by atoms with van der Waals surface area (Å²) < 4.78 is 2.61. The molecule has 2 fully saturated rings. The van der Waals surface area contributed by atoms with Crippen LogP contribution in [-0.2, 0) is 0 Å². The molecule has 2 aromatic heterocycles. The van der Waals surface area contributed by atoms with Gasteiger partial charge in [0, 0.05) is 42.4 Å². The molecule has 184 valence electrons. The Kier molecular flexibility index (Phi) is 7.37. The summed E-state index contributed by atoms with van der Waals surface area (Å²) in [5.41, 5.74) is 6.35. The molecule has 5 nitrogen and oxygen atoms in total. The average molecular weight is 488 g/mol. The number of nitrogens with zero attached hydrogens (tertiary/aromatic N) is 3. The maximum atomic E-state index is 5.91. The first-order valence-electron chi connectivity index (χ1n) is 13.1. The highest BCUT2D eigenvalue weighted by Gasteiger charge is 2.41. The van der Waals surface area contributed by atoms with E-state index >= 15 is 0 Å². The number of nitrogens with one attached hydrogen (secondary N) is 2. The molecular weight excluding hydrogens is 450 g/mol. The van der Waals surface area contributed by atoms with Crippen molar-refractivity contribution in [2.45, 2.75) is 70.5 Å². The lowest BCUT2D eigenvalue weighted by atomic mass is 9.94. The Bertz CT molecular complexity index is 1120. The highest BCUT2D eigenvalue weighted by atomic mass is 32.1. The van der Waals surface area contributed by atoms with Crippen molar-refractivity contribution in [1.29, 1.82) is 0 Å². The van der Waals surface area contributed by atoms with Crippen molar-refractivity contribution >= 4 is 23.0 Å². The van der Waals surface area contributed by atoms with Crippen LogP contribution in [0.4, 0.5) is 5.69 Å². The van der Waals surface area contributed by atoms with Crippen molar-refractivity contribution in [3.8, 4) is 0 Å². The van der Waals surface area contributed by atoms with E-state index in [4.69, 9.17) is 17.2 Å². The maximum Gasteiger partial charge on any atom is 0.170 e. The molecule has 0 spiro atoms. The van der Waals surface area contributed by atoms with Crippen molar-refractivity contribution in [3.05, 3.63) is 83.4 Å². The minimum absolute atomic E-state index is 0.0473. The van der Waals surface area contributed by atoms with Gasteiger partial charge in [0.1, 0.15) is 0 Å². The van der Waals surface area contributed by atoms with Crippen LogP contribution in [0.1, 0.15) is 79.3 Å². The molecule has 2 aliphatic rings.